The van der Waals surface area contributed by atoms with E-state index in [0.29, 0.717) is 13.0 Å². The van der Waals surface area contributed by atoms with Crippen LogP contribution >= 0.6 is 0 Å². The Morgan fingerprint density at radius 3 is 2.89 bits per heavy atom. The van der Waals surface area contributed by atoms with Gasteiger partial charge in [0, 0.05) is 19.2 Å². The van der Waals surface area contributed by atoms with Crippen LogP contribution in [0.2, 0.25) is 0 Å². The van der Waals surface area contributed by atoms with E-state index in [9.17, 15) is 9.18 Å². The second kappa shape index (κ2) is 5.97. The van der Waals surface area contributed by atoms with Gasteiger partial charge in [-0.15, -0.1) is 0 Å². The lowest BCUT2D eigenvalue weighted by Gasteiger charge is -2.37. The Bertz CT molecular complexity index is 463. The van der Waals surface area contributed by atoms with Crippen molar-refractivity contribution < 1.29 is 14.3 Å². The van der Waals surface area contributed by atoms with Gasteiger partial charge in [0.2, 0.25) is 0 Å². The number of carbonyl (C=O) groups excluding carboxylic acids is 1. The molecule has 5 nitrogen and oxygen atoms in total. The molecular weight excluding hydrogens is 249 g/mol. The Kier molecular flexibility index (Phi) is 4.31. The van der Waals surface area contributed by atoms with Gasteiger partial charge in [-0.3, -0.25) is 4.79 Å². The van der Waals surface area contributed by atoms with Crippen molar-refractivity contribution in [2.24, 2.45) is 0 Å². The summed E-state index contributed by atoms with van der Waals surface area (Å²) in [5.41, 5.74) is 5.74. The third-order valence-corrected chi connectivity index (χ3v) is 3.45. The van der Waals surface area contributed by atoms with Crippen LogP contribution in [0.5, 0.6) is 0 Å². The largest absolute Gasteiger partial charge is 0.396 e. The van der Waals surface area contributed by atoms with Crippen molar-refractivity contribution in [3.05, 3.63) is 23.6 Å². The molecule has 0 aliphatic heterocycles. The predicted molar refractivity (Wildman–Crippen MR) is 69.0 cm³/mol. The zero-order chi connectivity index (χ0) is 13.8. The number of pyridine rings is 1. The number of hydrogen-bond acceptors (Lipinski definition) is 4. The fourth-order valence-electron chi connectivity index (χ4n) is 2.17. The highest BCUT2D eigenvalue weighted by Gasteiger charge is 2.30. The summed E-state index contributed by atoms with van der Waals surface area (Å²) in [5, 5.41) is 8.90. The number of carbonyl (C=O) groups is 1. The van der Waals surface area contributed by atoms with E-state index < -0.39 is 5.82 Å². The van der Waals surface area contributed by atoms with E-state index in [1.165, 1.54) is 0 Å². The molecule has 3 N–H and O–H groups in total. The van der Waals surface area contributed by atoms with Crippen molar-refractivity contribution in [2.75, 3.05) is 18.9 Å². The predicted octanol–water partition coefficient (Wildman–Crippen LogP) is 1.18. The SMILES string of the molecule is Nc1ncc(F)cc1C(=O)N(CCCO)C1CCC1. The third kappa shape index (κ3) is 3.01. The van der Waals surface area contributed by atoms with Gasteiger partial charge in [0.05, 0.1) is 11.8 Å². The average molecular weight is 267 g/mol. The van der Waals surface area contributed by atoms with E-state index in [2.05, 4.69) is 4.98 Å². The number of amides is 1. The molecule has 1 saturated carbocycles. The summed E-state index contributed by atoms with van der Waals surface area (Å²) >= 11 is 0. The molecule has 1 heterocycles. The Hall–Kier alpha value is -1.69. The van der Waals surface area contributed by atoms with Crippen LogP contribution in [0.3, 0.4) is 0 Å². The van der Waals surface area contributed by atoms with E-state index in [4.69, 9.17) is 10.8 Å². The van der Waals surface area contributed by atoms with Crippen molar-refractivity contribution in [1.29, 1.82) is 0 Å². The summed E-state index contributed by atoms with van der Waals surface area (Å²) in [6.45, 7) is 0.476. The Morgan fingerprint density at radius 2 is 2.32 bits per heavy atom. The zero-order valence-corrected chi connectivity index (χ0v) is 10.7. The molecule has 1 aliphatic carbocycles. The number of hydrogen-bond donors (Lipinski definition) is 2. The van der Waals surface area contributed by atoms with Crippen LogP contribution in [-0.2, 0) is 0 Å². The second-order valence-corrected chi connectivity index (χ2v) is 4.75. The maximum Gasteiger partial charge on any atom is 0.257 e. The number of nitrogens with zero attached hydrogens (tertiary/aromatic N) is 2. The summed E-state index contributed by atoms with van der Waals surface area (Å²) in [6, 6.07) is 1.29. The van der Waals surface area contributed by atoms with E-state index in [0.717, 1.165) is 31.5 Å². The van der Waals surface area contributed by atoms with E-state index in [1.54, 1.807) is 4.90 Å². The number of anilines is 1. The minimum absolute atomic E-state index is 0.0212. The molecule has 6 heteroatoms. The quantitative estimate of drug-likeness (QED) is 0.839. The molecule has 0 bridgehead atoms. The number of aliphatic hydroxyl groups is 1. The fourth-order valence-corrected chi connectivity index (χ4v) is 2.17. The summed E-state index contributed by atoms with van der Waals surface area (Å²) in [5.74, 6) is -0.837. The Labute approximate surface area is 111 Å². The molecule has 19 heavy (non-hydrogen) atoms. The highest BCUT2D eigenvalue weighted by Crippen LogP contribution is 2.27. The van der Waals surface area contributed by atoms with Gasteiger partial charge in [0.1, 0.15) is 11.6 Å². The summed E-state index contributed by atoms with van der Waals surface area (Å²) < 4.78 is 13.2. The first-order chi connectivity index (χ1) is 9.13. The van der Waals surface area contributed by atoms with Gasteiger partial charge in [-0.2, -0.15) is 0 Å². The van der Waals surface area contributed by atoms with Gasteiger partial charge in [-0.05, 0) is 31.7 Å². The lowest BCUT2D eigenvalue weighted by atomic mass is 9.91. The number of aliphatic hydroxyl groups excluding tert-OH is 1. The molecule has 104 valence electrons. The molecule has 0 radical (unpaired) electrons. The molecule has 0 aromatic carbocycles. The first-order valence-electron chi connectivity index (χ1n) is 6.46. The van der Waals surface area contributed by atoms with Gasteiger partial charge in [-0.25, -0.2) is 9.37 Å². The Balaban J connectivity index is 2.19. The van der Waals surface area contributed by atoms with Gasteiger partial charge in [0.25, 0.3) is 5.91 Å². The lowest BCUT2D eigenvalue weighted by Crippen LogP contribution is -2.45. The minimum Gasteiger partial charge on any atom is -0.396 e. The molecule has 2 rings (SSSR count). The molecule has 0 spiro atoms. The molecule has 1 aliphatic rings. The smallest absolute Gasteiger partial charge is 0.257 e. The number of halogens is 1. The van der Waals surface area contributed by atoms with Gasteiger partial charge in [-0.1, -0.05) is 0 Å². The van der Waals surface area contributed by atoms with Crippen LogP contribution in [0, 0.1) is 5.82 Å². The monoisotopic (exact) mass is 267 g/mol. The van der Waals surface area contributed by atoms with Crippen LogP contribution in [0.25, 0.3) is 0 Å². The van der Waals surface area contributed by atoms with Gasteiger partial charge >= 0.3 is 0 Å². The molecule has 0 atom stereocenters. The van der Waals surface area contributed by atoms with Crippen LogP contribution < -0.4 is 5.73 Å². The van der Waals surface area contributed by atoms with Crippen molar-refractivity contribution in [3.63, 3.8) is 0 Å². The topological polar surface area (TPSA) is 79.5 Å². The first kappa shape index (κ1) is 13.7. The number of nitrogens with two attached hydrogens (primary N) is 1. The van der Waals surface area contributed by atoms with Crippen LogP contribution in [0.15, 0.2) is 12.3 Å². The van der Waals surface area contributed by atoms with Crippen LogP contribution in [-0.4, -0.2) is 40.1 Å². The van der Waals surface area contributed by atoms with E-state index >= 15 is 0 Å². The molecule has 0 saturated heterocycles. The molecule has 0 unspecified atom stereocenters. The third-order valence-electron chi connectivity index (χ3n) is 3.45. The number of aromatic nitrogens is 1. The molecule has 1 aromatic heterocycles. The van der Waals surface area contributed by atoms with E-state index in [1.807, 2.05) is 0 Å². The summed E-state index contributed by atoms with van der Waals surface area (Å²) in [6.07, 6.45) is 4.47. The molecule has 1 aromatic rings. The summed E-state index contributed by atoms with van der Waals surface area (Å²) in [4.78, 5) is 17.8. The maximum absolute atomic E-state index is 13.2. The first-order valence-corrected chi connectivity index (χ1v) is 6.46. The highest BCUT2D eigenvalue weighted by molar-refractivity contribution is 5.98. The Morgan fingerprint density at radius 1 is 1.58 bits per heavy atom. The van der Waals surface area contributed by atoms with Crippen molar-refractivity contribution >= 4 is 11.7 Å². The molecular formula is C13H18FN3O2. The summed E-state index contributed by atoms with van der Waals surface area (Å²) in [7, 11) is 0. The van der Waals surface area contributed by atoms with Gasteiger partial charge in [0.15, 0.2) is 0 Å². The van der Waals surface area contributed by atoms with Crippen molar-refractivity contribution in [2.45, 2.75) is 31.7 Å². The van der Waals surface area contributed by atoms with Crippen LogP contribution in [0.4, 0.5) is 10.2 Å². The maximum atomic E-state index is 13.2. The second-order valence-electron chi connectivity index (χ2n) is 4.75. The van der Waals surface area contributed by atoms with Crippen molar-refractivity contribution in [3.8, 4) is 0 Å². The highest BCUT2D eigenvalue weighted by atomic mass is 19.1. The van der Waals surface area contributed by atoms with E-state index in [-0.39, 0.29) is 29.9 Å². The standard InChI is InChI=1S/C13H18FN3O2/c14-9-7-11(12(15)16-8-9)13(19)17(5-2-6-18)10-3-1-4-10/h7-8,10,18H,1-6H2,(H2,15,16). The average Bonchev–Trinajstić information content (AvgIpc) is 2.34. The normalized spacial score (nSPS) is 15.1. The number of rotatable bonds is 5. The van der Waals surface area contributed by atoms with Crippen molar-refractivity contribution in [1.82, 2.24) is 9.88 Å². The number of nitrogen functional groups attached to an aromatic ring is 1. The molecule has 1 fully saturated rings. The van der Waals surface area contributed by atoms with Crippen LogP contribution in [0.1, 0.15) is 36.0 Å². The zero-order valence-electron chi connectivity index (χ0n) is 10.7. The van der Waals surface area contributed by atoms with Gasteiger partial charge < -0.3 is 15.7 Å². The lowest BCUT2D eigenvalue weighted by molar-refractivity contribution is 0.0563. The molecule has 1 amide bonds. The fraction of sp³-hybridized carbons (Fsp3) is 0.538. The minimum atomic E-state index is -0.576.